The van der Waals surface area contributed by atoms with Crippen LogP contribution in [0.15, 0.2) is 30.3 Å². The number of ether oxygens (including phenoxy) is 1. The SMILES string of the molecule is CCOCCCC(=O)NC[C@H](O)Cc1ccccc1. The number of benzene rings is 1. The quantitative estimate of drug-likeness (QED) is 0.666. The van der Waals surface area contributed by atoms with Crippen molar-refractivity contribution < 1.29 is 14.6 Å². The van der Waals surface area contributed by atoms with Gasteiger partial charge in [0.25, 0.3) is 0 Å². The fourth-order valence-electron chi connectivity index (χ4n) is 1.76. The second-order valence-corrected chi connectivity index (χ2v) is 4.45. The first-order chi connectivity index (χ1) is 9.22. The minimum absolute atomic E-state index is 0.0354. The fourth-order valence-corrected chi connectivity index (χ4v) is 1.76. The third kappa shape index (κ3) is 7.59. The van der Waals surface area contributed by atoms with Crippen molar-refractivity contribution in [3.05, 3.63) is 35.9 Å². The Labute approximate surface area is 114 Å². The van der Waals surface area contributed by atoms with Crippen molar-refractivity contribution in [2.24, 2.45) is 0 Å². The van der Waals surface area contributed by atoms with Gasteiger partial charge in [-0.15, -0.1) is 0 Å². The van der Waals surface area contributed by atoms with Crippen LogP contribution in [0.3, 0.4) is 0 Å². The van der Waals surface area contributed by atoms with Gasteiger partial charge in [-0.2, -0.15) is 0 Å². The minimum atomic E-state index is -0.543. The number of carbonyl (C=O) groups excluding carboxylic acids is 1. The number of rotatable bonds is 9. The van der Waals surface area contributed by atoms with Gasteiger partial charge < -0.3 is 15.2 Å². The predicted molar refractivity (Wildman–Crippen MR) is 74.9 cm³/mol. The molecule has 1 aromatic carbocycles. The zero-order chi connectivity index (χ0) is 13.9. The summed E-state index contributed by atoms with van der Waals surface area (Å²) in [6.07, 6.45) is 1.17. The first kappa shape index (κ1) is 15.7. The number of carbonyl (C=O) groups is 1. The molecule has 1 amide bonds. The molecule has 0 saturated heterocycles. The maximum atomic E-state index is 11.5. The Kier molecular flexibility index (Phi) is 7.86. The maximum Gasteiger partial charge on any atom is 0.220 e. The van der Waals surface area contributed by atoms with Crippen molar-refractivity contribution in [2.75, 3.05) is 19.8 Å². The Hall–Kier alpha value is -1.39. The van der Waals surface area contributed by atoms with E-state index < -0.39 is 6.10 Å². The van der Waals surface area contributed by atoms with Gasteiger partial charge >= 0.3 is 0 Å². The van der Waals surface area contributed by atoms with Crippen molar-refractivity contribution >= 4 is 5.91 Å². The van der Waals surface area contributed by atoms with E-state index in [1.807, 2.05) is 37.3 Å². The fraction of sp³-hybridized carbons (Fsp3) is 0.533. The molecule has 19 heavy (non-hydrogen) atoms. The molecular weight excluding hydrogens is 242 g/mol. The van der Waals surface area contributed by atoms with Gasteiger partial charge in [-0.3, -0.25) is 4.79 Å². The predicted octanol–water partition coefficient (Wildman–Crippen LogP) is 1.52. The van der Waals surface area contributed by atoms with Crippen molar-refractivity contribution in [2.45, 2.75) is 32.3 Å². The standard InChI is InChI=1S/C15H23NO3/c1-2-19-10-6-9-15(18)16-12-14(17)11-13-7-4-3-5-8-13/h3-5,7-8,14,17H,2,6,9-12H2,1H3,(H,16,18)/t14-/m1/s1. The Morgan fingerprint density at radius 2 is 2.11 bits per heavy atom. The first-order valence-electron chi connectivity index (χ1n) is 6.78. The maximum absolute atomic E-state index is 11.5. The zero-order valence-corrected chi connectivity index (χ0v) is 11.5. The molecule has 0 fully saturated rings. The van der Waals surface area contributed by atoms with Crippen LogP contribution in [0.2, 0.25) is 0 Å². The smallest absolute Gasteiger partial charge is 0.220 e. The summed E-state index contributed by atoms with van der Waals surface area (Å²) in [5, 5.41) is 12.6. The molecule has 0 spiro atoms. The van der Waals surface area contributed by atoms with Gasteiger partial charge in [0.05, 0.1) is 6.10 Å². The number of hydrogen-bond acceptors (Lipinski definition) is 3. The highest BCUT2D eigenvalue weighted by Gasteiger charge is 2.07. The van der Waals surface area contributed by atoms with E-state index in [1.54, 1.807) is 0 Å². The van der Waals surface area contributed by atoms with Crippen LogP contribution in [-0.2, 0) is 16.0 Å². The molecule has 0 unspecified atom stereocenters. The molecule has 0 heterocycles. The lowest BCUT2D eigenvalue weighted by Gasteiger charge is -2.12. The largest absolute Gasteiger partial charge is 0.391 e. The van der Waals surface area contributed by atoms with Crippen LogP contribution in [0.5, 0.6) is 0 Å². The first-order valence-corrected chi connectivity index (χ1v) is 6.78. The summed E-state index contributed by atoms with van der Waals surface area (Å²) in [7, 11) is 0. The molecule has 0 aliphatic carbocycles. The number of hydrogen-bond donors (Lipinski definition) is 2. The number of amides is 1. The molecular formula is C15H23NO3. The van der Waals surface area contributed by atoms with Gasteiger partial charge in [-0.25, -0.2) is 0 Å². The van der Waals surface area contributed by atoms with Crippen molar-refractivity contribution in [1.29, 1.82) is 0 Å². The minimum Gasteiger partial charge on any atom is -0.391 e. The highest BCUT2D eigenvalue weighted by Crippen LogP contribution is 2.02. The van der Waals surface area contributed by atoms with E-state index in [9.17, 15) is 9.90 Å². The van der Waals surface area contributed by atoms with Crippen LogP contribution >= 0.6 is 0 Å². The number of nitrogens with one attached hydrogen (secondary N) is 1. The lowest BCUT2D eigenvalue weighted by molar-refractivity contribution is -0.121. The van der Waals surface area contributed by atoms with Crippen LogP contribution in [0.25, 0.3) is 0 Å². The molecule has 0 bridgehead atoms. The normalized spacial score (nSPS) is 12.1. The average molecular weight is 265 g/mol. The molecule has 0 radical (unpaired) electrons. The lowest BCUT2D eigenvalue weighted by atomic mass is 10.1. The molecule has 0 aliphatic heterocycles. The molecule has 0 aliphatic rings. The molecule has 4 heteroatoms. The van der Waals surface area contributed by atoms with Gasteiger partial charge in [0, 0.05) is 32.6 Å². The topological polar surface area (TPSA) is 58.6 Å². The lowest BCUT2D eigenvalue weighted by Crippen LogP contribution is -2.33. The van der Waals surface area contributed by atoms with Crippen LogP contribution in [0.4, 0.5) is 0 Å². The zero-order valence-electron chi connectivity index (χ0n) is 11.5. The second kappa shape index (κ2) is 9.53. The molecule has 1 aromatic rings. The number of aliphatic hydroxyl groups is 1. The second-order valence-electron chi connectivity index (χ2n) is 4.45. The Balaban J connectivity index is 2.12. The third-order valence-electron chi connectivity index (χ3n) is 2.75. The molecule has 4 nitrogen and oxygen atoms in total. The van der Waals surface area contributed by atoms with Crippen LogP contribution in [0, 0.1) is 0 Å². The summed E-state index contributed by atoms with van der Waals surface area (Å²) < 4.78 is 5.16. The van der Waals surface area contributed by atoms with E-state index in [0.29, 0.717) is 39.0 Å². The average Bonchev–Trinajstić information content (AvgIpc) is 2.42. The van der Waals surface area contributed by atoms with Crippen molar-refractivity contribution in [1.82, 2.24) is 5.32 Å². The van der Waals surface area contributed by atoms with Gasteiger partial charge in [-0.1, -0.05) is 30.3 Å². The van der Waals surface area contributed by atoms with Crippen molar-refractivity contribution in [3.8, 4) is 0 Å². The van der Waals surface area contributed by atoms with E-state index in [4.69, 9.17) is 4.74 Å². The summed E-state index contributed by atoms with van der Waals surface area (Å²) in [5.41, 5.74) is 1.07. The monoisotopic (exact) mass is 265 g/mol. The summed E-state index contributed by atoms with van der Waals surface area (Å²) in [6, 6.07) is 9.75. The molecule has 2 N–H and O–H groups in total. The van der Waals surface area contributed by atoms with E-state index >= 15 is 0 Å². The Bertz CT molecular complexity index is 354. The molecule has 106 valence electrons. The van der Waals surface area contributed by atoms with E-state index in [-0.39, 0.29) is 5.91 Å². The summed E-state index contributed by atoms with van der Waals surface area (Å²) in [5.74, 6) is -0.0354. The van der Waals surface area contributed by atoms with E-state index in [0.717, 1.165) is 5.56 Å². The van der Waals surface area contributed by atoms with Crippen LogP contribution in [-0.4, -0.2) is 36.9 Å². The highest BCUT2D eigenvalue weighted by molar-refractivity contribution is 5.75. The van der Waals surface area contributed by atoms with Gasteiger partial charge in [0.1, 0.15) is 0 Å². The van der Waals surface area contributed by atoms with E-state index in [2.05, 4.69) is 5.32 Å². The third-order valence-corrected chi connectivity index (χ3v) is 2.75. The van der Waals surface area contributed by atoms with Crippen LogP contribution < -0.4 is 5.32 Å². The van der Waals surface area contributed by atoms with Gasteiger partial charge in [0.15, 0.2) is 0 Å². The Morgan fingerprint density at radius 1 is 1.37 bits per heavy atom. The molecule has 0 aromatic heterocycles. The van der Waals surface area contributed by atoms with Crippen molar-refractivity contribution in [3.63, 3.8) is 0 Å². The summed E-state index contributed by atoms with van der Waals surface area (Å²) in [6.45, 7) is 3.51. The highest BCUT2D eigenvalue weighted by atomic mass is 16.5. The van der Waals surface area contributed by atoms with Crippen LogP contribution in [0.1, 0.15) is 25.3 Å². The molecule has 0 saturated carbocycles. The Morgan fingerprint density at radius 3 is 2.79 bits per heavy atom. The van der Waals surface area contributed by atoms with Gasteiger partial charge in [-0.05, 0) is 18.9 Å². The molecule has 1 rings (SSSR count). The van der Waals surface area contributed by atoms with E-state index in [1.165, 1.54) is 0 Å². The number of aliphatic hydroxyl groups excluding tert-OH is 1. The van der Waals surface area contributed by atoms with Gasteiger partial charge in [0.2, 0.25) is 5.91 Å². The summed E-state index contributed by atoms with van der Waals surface area (Å²) >= 11 is 0. The molecule has 1 atom stereocenters. The summed E-state index contributed by atoms with van der Waals surface area (Å²) in [4.78, 5) is 11.5.